The highest BCUT2D eigenvalue weighted by Crippen LogP contribution is 2.21. The molecule has 138 valence electrons. The van der Waals surface area contributed by atoms with Gasteiger partial charge in [-0.1, -0.05) is 56.3 Å². The van der Waals surface area contributed by atoms with E-state index in [9.17, 15) is 4.79 Å². The summed E-state index contributed by atoms with van der Waals surface area (Å²) in [5.74, 6) is 1.25. The first kappa shape index (κ1) is 18.7. The van der Waals surface area contributed by atoms with Crippen molar-refractivity contribution in [1.29, 1.82) is 0 Å². The van der Waals surface area contributed by atoms with Crippen molar-refractivity contribution < 1.29 is 9.53 Å². The molecule has 1 atom stereocenters. The maximum absolute atomic E-state index is 12.4. The van der Waals surface area contributed by atoms with Gasteiger partial charge in [0.1, 0.15) is 12.4 Å². The van der Waals surface area contributed by atoms with Crippen molar-refractivity contribution in [2.45, 2.75) is 32.8 Å². The third-order valence-electron chi connectivity index (χ3n) is 4.71. The summed E-state index contributed by atoms with van der Waals surface area (Å²) in [4.78, 5) is 12.4. The van der Waals surface area contributed by atoms with Gasteiger partial charge in [0, 0.05) is 11.3 Å². The maximum Gasteiger partial charge on any atom is 0.255 e. The predicted octanol–water partition coefficient (Wildman–Crippen LogP) is 6.03. The van der Waals surface area contributed by atoms with Crippen LogP contribution in [0, 0.1) is 0 Å². The fourth-order valence-electron chi connectivity index (χ4n) is 2.77. The topological polar surface area (TPSA) is 38.3 Å². The highest BCUT2D eigenvalue weighted by molar-refractivity contribution is 6.04. The van der Waals surface area contributed by atoms with Crippen LogP contribution in [0.2, 0.25) is 0 Å². The van der Waals surface area contributed by atoms with Gasteiger partial charge in [0.2, 0.25) is 0 Å². The van der Waals surface area contributed by atoms with Gasteiger partial charge in [0.15, 0.2) is 0 Å². The third-order valence-corrected chi connectivity index (χ3v) is 4.71. The number of carbonyl (C=O) groups excluding carboxylic acids is 1. The first-order valence-electron chi connectivity index (χ1n) is 9.34. The number of hydrogen-bond acceptors (Lipinski definition) is 2. The van der Waals surface area contributed by atoms with Crippen molar-refractivity contribution in [1.82, 2.24) is 0 Å². The first-order valence-corrected chi connectivity index (χ1v) is 9.34. The molecular formula is C24H25NO2. The monoisotopic (exact) mass is 359 g/mol. The zero-order chi connectivity index (χ0) is 19.1. The summed E-state index contributed by atoms with van der Waals surface area (Å²) in [5, 5.41) is 2.95. The standard InChI is InChI=1S/C24H25NO2/c1-3-18(2)20-13-15-22(16-14-20)25-24(26)21-11-9-19(10-12-21)17-27-23-7-5-4-6-8-23/h4-16,18H,3,17H2,1-2H3,(H,25,26)/t18-/m1/s1. The zero-order valence-corrected chi connectivity index (χ0v) is 15.8. The second-order valence-electron chi connectivity index (χ2n) is 6.68. The maximum atomic E-state index is 12.4. The number of nitrogens with one attached hydrogen (secondary N) is 1. The fourth-order valence-corrected chi connectivity index (χ4v) is 2.77. The molecule has 0 aliphatic heterocycles. The van der Waals surface area contributed by atoms with Gasteiger partial charge in [-0.15, -0.1) is 0 Å². The van der Waals surface area contributed by atoms with Crippen molar-refractivity contribution in [3.05, 3.63) is 95.6 Å². The van der Waals surface area contributed by atoms with E-state index in [-0.39, 0.29) is 5.91 Å². The molecule has 0 aliphatic rings. The van der Waals surface area contributed by atoms with Crippen LogP contribution in [0.4, 0.5) is 5.69 Å². The average Bonchev–Trinajstić information content (AvgIpc) is 2.73. The number of anilines is 1. The predicted molar refractivity (Wildman–Crippen MR) is 110 cm³/mol. The lowest BCUT2D eigenvalue weighted by Crippen LogP contribution is -2.12. The molecule has 0 aromatic heterocycles. The molecule has 0 fully saturated rings. The molecule has 0 unspecified atom stereocenters. The lowest BCUT2D eigenvalue weighted by Gasteiger charge is -2.11. The number of rotatable bonds is 7. The molecule has 0 radical (unpaired) electrons. The molecule has 0 saturated carbocycles. The molecule has 1 N–H and O–H groups in total. The molecule has 1 amide bonds. The van der Waals surface area contributed by atoms with Crippen LogP contribution in [-0.4, -0.2) is 5.91 Å². The van der Waals surface area contributed by atoms with E-state index >= 15 is 0 Å². The number of amides is 1. The quantitative estimate of drug-likeness (QED) is 0.559. The van der Waals surface area contributed by atoms with Crippen molar-refractivity contribution in [2.24, 2.45) is 0 Å². The summed E-state index contributed by atoms with van der Waals surface area (Å²) in [6, 6.07) is 25.3. The molecule has 0 spiro atoms. The van der Waals surface area contributed by atoms with Crippen LogP contribution >= 0.6 is 0 Å². The van der Waals surface area contributed by atoms with Gasteiger partial charge in [-0.3, -0.25) is 4.79 Å². The minimum Gasteiger partial charge on any atom is -0.489 e. The molecule has 3 aromatic carbocycles. The number of benzene rings is 3. The van der Waals surface area contributed by atoms with E-state index in [0.717, 1.165) is 23.4 Å². The highest BCUT2D eigenvalue weighted by atomic mass is 16.5. The van der Waals surface area contributed by atoms with Crippen LogP contribution in [0.3, 0.4) is 0 Å². The Hall–Kier alpha value is -3.07. The Bertz CT molecular complexity index is 855. The number of hydrogen-bond donors (Lipinski definition) is 1. The van der Waals surface area contributed by atoms with Gasteiger partial charge >= 0.3 is 0 Å². The van der Waals surface area contributed by atoms with Crippen LogP contribution in [0.1, 0.15) is 47.7 Å². The van der Waals surface area contributed by atoms with Crippen LogP contribution in [0.5, 0.6) is 5.75 Å². The van der Waals surface area contributed by atoms with E-state index in [2.05, 4.69) is 31.3 Å². The van der Waals surface area contributed by atoms with E-state index in [1.807, 2.05) is 66.7 Å². The summed E-state index contributed by atoms with van der Waals surface area (Å²) >= 11 is 0. The number of ether oxygens (including phenoxy) is 1. The largest absolute Gasteiger partial charge is 0.489 e. The summed E-state index contributed by atoms with van der Waals surface area (Å²) in [6.07, 6.45) is 1.10. The van der Waals surface area contributed by atoms with Gasteiger partial charge in [-0.25, -0.2) is 0 Å². The smallest absolute Gasteiger partial charge is 0.255 e. The second kappa shape index (κ2) is 9.04. The van der Waals surface area contributed by atoms with E-state index in [1.165, 1.54) is 5.56 Å². The van der Waals surface area contributed by atoms with E-state index in [1.54, 1.807) is 0 Å². The lowest BCUT2D eigenvalue weighted by molar-refractivity contribution is 0.102. The van der Waals surface area contributed by atoms with Crippen molar-refractivity contribution in [3.63, 3.8) is 0 Å². The molecule has 0 bridgehead atoms. The Morgan fingerprint density at radius 1 is 0.926 bits per heavy atom. The number of carbonyl (C=O) groups is 1. The summed E-state index contributed by atoms with van der Waals surface area (Å²) in [7, 11) is 0. The van der Waals surface area contributed by atoms with Crippen molar-refractivity contribution >= 4 is 11.6 Å². The zero-order valence-electron chi connectivity index (χ0n) is 15.8. The Morgan fingerprint density at radius 2 is 1.59 bits per heavy atom. The molecule has 0 saturated heterocycles. The van der Waals surface area contributed by atoms with E-state index in [4.69, 9.17) is 4.74 Å². The lowest BCUT2D eigenvalue weighted by atomic mass is 9.98. The summed E-state index contributed by atoms with van der Waals surface area (Å²) < 4.78 is 5.73. The van der Waals surface area contributed by atoms with Gasteiger partial charge < -0.3 is 10.1 Å². The second-order valence-corrected chi connectivity index (χ2v) is 6.68. The SMILES string of the molecule is CC[C@@H](C)c1ccc(NC(=O)c2ccc(COc3ccccc3)cc2)cc1. The Morgan fingerprint density at radius 3 is 2.22 bits per heavy atom. The minimum atomic E-state index is -0.109. The van der Waals surface area contributed by atoms with Gasteiger partial charge in [0.25, 0.3) is 5.91 Å². The molecule has 3 rings (SSSR count). The molecule has 3 nitrogen and oxygen atoms in total. The van der Waals surface area contributed by atoms with E-state index in [0.29, 0.717) is 18.1 Å². The molecule has 0 heterocycles. The first-order chi connectivity index (χ1) is 13.2. The van der Waals surface area contributed by atoms with Crippen molar-refractivity contribution in [3.8, 4) is 5.75 Å². The molecule has 0 aliphatic carbocycles. The molecular weight excluding hydrogens is 334 g/mol. The van der Waals surface area contributed by atoms with Gasteiger partial charge in [-0.05, 0) is 59.9 Å². The molecule has 27 heavy (non-hydrogen) atoms. The van der Waals surface area contributed by atoms with Gasteiger partial charge in [0.05, 0.1) is 0 Å². The Balaban J connectivity index is 1.57. The van der Waals surface area contributed by atoms with Crippen molar-refractivity contribution in [2.75, 3.05) is 5.32 Å². The van der Waals surface area contributed by atoms with Crippen LogP contribution in [0.15, 0.2) is 78.9 Å². The normalized spacial score (nSPS) is 11.6. The third kappa shape index (κ3) is 5.20. The highest BCUT2D eigenvalue weighted by Gasteiger charge is 2.08. The van der Waals surface area contributed by atoms with Crippen LogP contribution in [-0.2, 0) is 6.61 Å². The number of para-hydroxylation sites is 1. The van der Waals surface area contributed by atoms with Gasteiger partial charge in [-0.2, -0.15) is 0 Å². The average molecular weight is 359 g/mol. The van der Waals surface area contributed by atoms with E-state index < -0.39 is 0 Å². The minimum absolute atomic E-state index is 0.109. The summed E-state index contributed by atoms with van der Waals surface area (Å²) in [5.41, 5.74) is 3.75. The molecule has 3 heteroatoms. The molecule has 3 aromatic rings. The van der Waals surface area contributed by atoms with Crippen LogP contribution < -0.4 is 10.1 Å². The fraction of sp³-hybridized carbons (Fsp3) is 0.208. The van der Waals surface area contributed by atoms with Crippen LogP contribution in [0.25, 0.3) is 0 Å². The Kier molecular flexibility index (Phi) is 6.26. The summed E-state index contributed by atoms with van der Waals surface area (Å²) in [6.45, 7) is 4.86. The Labute approximate surface area is 161 Å².